The molecule has 114 valence electrons. The average molecular weight is 410 g/mol. The minimum Gasteiger partial charge on any atom is -0.497 e. The van der Waals surface area contributed by atoms with Crippen LogP contribution < -0.4 is 14.9 Å². The maximum Gasteiger partial charge on any atom is 0.275 e. The Morgan fingerprint density at radius 2 is 1.86 bits per heavy atom. The van der Waals surface area contributed by atoms with Crippen LogP contribution in [0.5, 0.6) is 11.5 Å². The summed E-state index contributed by atoms with van der Waals surface area (Å²) >= 11 is 2.23. The van der Waals surface area contributed by atoms with E-state index < -0.39 is 0 Å². The second-order valence-electron chi connectivity index (χ2n) is 4.32. The van der Waals surface area contributed by atoms with Crippen molar-refractivity contribution in [2.45, 2.75) is 0 Å². The lowest BCUT2D eigenvalue weighted by atomic mass is 10.2. The fourth-order valence-corrected chi connectivity index (χ4v) is 2.12. The van der Waals surface area contributed by atoms with Crippen LogP contribution in [0.1, 0.15) is 15.9 Å². The zero-order valence-corrected chi connectivity index (χ0v) is 14.3. The maximum atomic E-state index is 12.1. The molecule has 0 saturated carbocycles. The van der Waals surface area contributed by atoms with Gasteiger partial charge in [0.15, 0.2) is 0 Å². The molecule has 1 amide bonds. The number of hydrogen-bond acceptors (Lipinski definition) is 4. The van der Waals surface area contributed by atoms with Crippen LogP contribution in [0.3, 0.4) is 0 Å². The number of ether oxygens (including phenoxy) is 2. The van der Waals surface area contributed by atoms with Crippen molar-refractivity contribution in [1.82, 2.24) is 5.43 Å². The first kappa shape index (κ1) is 16.3. The molecule has 0 bridgehead atoms. The number of hydrogen-bond donors (Lipinski definition) is 1. The van der Waals surface area contributed by atoms with Crippen molar-refractivity contribution in [1.29, 1.82) is 0 Å². The third kappa shape index (κ3) is 4.20. The van der Waals surface area contributed by atoms with Gasteiger partial charge in [0.25, 0.3) is 5.91 Å². The van der Waals surface area contributed by atoms with Gasteiger partial charge in [-0.05, 0) is 52.4 Å². The Balaban J connectivity index is 2.07. The number of amides is 1. The maximum absolute atomic E-state index is 12.1. The second-order valence-corrected chi connectivity index (χ2v) is 5.56. The summed E-state index contributed by atoms with van der Waals surface area (Å²) in [6.45, 7) is 0. The SMILES string of the molecule is COc1ccc(C(=O)N/N=C\c2ccc(I)cc2)c(OC)c1. The quantitative estimate of drug-likeness (QED) is 0.468. The lowest BCUT2D eigenvalue weighted by molar-refractivity contribution is 0.0952. The van der Waals surface area contributed by atoms with Crippen LogP contribution in [0, 0.1) is 3.57 Å². The van der Waals surface area contributed by atoms with Gasteiger partial charge in [0.1, 0.15) is 11.5 Å². The molecule has 22 heavy (non-hydrogen) atoms. The predicted octanol–water partition coefficient (Wildman–Crippen LogP) is 3.07. The summed E-state index contributed by atoms with van der Waals surface area (Å²) in [5.41, 5.74) is 3.78. The number of nitrogens with zero attached hydrogens (tertiary/aromatic N) is 1. The van der Waals surface area contributed by atoms with Crippen molar-refractivity contribution < 1.29 is 14.3 Å². The number of nitrogens with one attached hydrogen (secondary N) is 1. The number of carbonyl (C=O) groups is 1. The second kappa shape index (κ2) is 7.79. The van der Waals surface area contributed by atoms with Crippen molar-refractivity contribution in [3.05, 3.63) is 57.2 Å². The molecule has 1 N–H and O–H groups in total. The standard InChI is InChI=1S/C16H15IN2O3/c1-21-13-7-8-14(15(9-13)22-2)16(20)19-18-10-11-3-5-12(17)6-4-11/h3-10H,1-2H3,(H,19,20)/b18-10-. The fourth-order valence-electron chi connectivity index (χ4n) is 1.76. The monoisotopic (exact) mass is 410 g/mol. The number of rotatable bonds is 5. The Morgan fingerprint density at radius 1 is 1.14 bits per heavy atom. The highest BCUT2D eigenvalue weighted by molar-refractivity contribution is 14.1. The summed E-state index contributed by atoms with van der Waals surface area (Å²) in [4.78, 5) is 12.1. The van der Waals surface area contributed by atoms with E-state index in [1.54, 1.807) is 31.5 Å². The van der Waals surface area contributed by atoms with Gasteiger partial charge in [-0.25, -0.2) is 5.43 Å². The molecule has 6 heteroatoms. The van der Waals surface area contributed by atoms with E-state index >= 15 is 0 Å². The van der Waals surface area contributed by atoms with Crippen LogP contribution in [0.2, 0.25) is 0 Å². The molecular weight excluding hydrogens is 395 g/mol. The molecule has 0 unspecified atom stereocenters. The molecule has 0 heterocycles. The molecule has 0 aliphatic carbocycles. The summed E-state index contributed by atoms with van der Waals surface area (Å²) in [5.74, 6) is 0.707. The molecule has 5 nitrogen and oxygen atoms in total. The van der Waals surface area contributed by atoms with Gasteiger partial charge in [-0.15, -0.1) is 0 Å². The zero-order chi connectivity index (χ0) is 15.9. The van der Waals surface area contributed by atoms with Crippen molar-refractivity contribution in [3.8, 4) is 11.5 Å². The molecule has 0 spiro atoms. The zero-order valence-electron chi connectivity index (χ0n) is 12.2. The van der Waals surface area contributed by atoms with E-state index in [-0.39, 0.29) is 5.91 Å². The Labute approximate surface area is 142 Å². The summed E-state index contributed by atoms with van der Waals surface area (Å²) in [6, 6.07) is 12.8. The summed E-state index contributed by atoms with van der Waals surface area (Å²) in [7, 11) is 3.06. The van der Waals surface area contributed by atoms with Crippen molar-refractivity contribution in [2.24, 2.45) is 5.10 Å². The Morgan fingerprint density at radius 3 is 2.50 bits per heavy atom. The molecule has 2 aromatic rings. The van der Waals surface area contributed by atoms with Gasteiger partial charge >= 0.3 is 0 Å². The molecule has 0 radical (unpaired) electrons. The molecular formula is C16H15IN2O3. The lowest BCUT2D eigenvalue weighted by Crippen LogP contribution is -2.18. The number of halogens is 1. The van der Waals surface area contributed by atoms with Crippen molar-refractivity contribution >= 4 is 34.7 Å². The van der Waals surface area contributed by atoms with Crippen molar-refractivity contribution in [3.63, 3.8) is 0 Å². The van der Waals surface area contributed by atoms with Gasteiger partial charge in [0, 0.05) is 9.64 Å². The van der Waals surface area contributed by atoms with E-state index in [0.717, 1.165) is 9.13 Å². The highest BCUT2D eigenvalue weighted by atomic mass is 127. The summed E-state index contributed by atoms with van der Waals surface area (Å²) in [6.07, 6.45) is 1.59. The highest BCUT2D eigenvalue weighted by Gasteiger charge is 2.12. The lowest BCUT2D eigenvalue weighted by Gasteiger charge is -2.08. The first-order valence-corrected chi connectivity index (χ1v) is 7.53. The smallest absolute Gasteiger partial charge is 0.275 e. The summed E-state index contributed by atoms with van der Waals surface area (Å²) in [5, 5.41) is 3.95. The van der Waals surface area contributed by atoms with E-state index in [0.29, 0.717) is 17.1 Å². The Bertz CT molecular complexity index is 684. The fraction of sp³-hybridized carbons (Fsp3) is 0.125. The molecule has 2 rings (SSSR count). The van der Waals surface area contributed by atoms with Crippen LogP contribution in [0.15, 0.2) is 47.6 Å². The largest absolute Gasteiger partial charge is 0.497 e. The van der Waals surface area contributed by atoms with Gasteiger partial charge in [-0.3, -0.25) is 4.79 Å². The van der Waals surface area contributed by atoms with Gasteiger partial charge in [0.05, 0.1) is 26.0 Å². The van der Waals surface area contributed by atoms with E-state index in [1.165, 1.54) is 7.11 Å². The molecule has 2 aromatic carbocycles. The van der Waals surface area contributed by atoms with E-state index in [9.17, 15) is 4.79 Å². The van der Waals surface area contributed by atoms with E-state index in [1.807, 2.05) is 24.3 Å². The molecule has 0 aliphatic rings. The average Bonchev–Trinajstić information content (AvgIpc) is 2.55. The third-order valence-electron chi connectivity index (χ3n) is 2.90. The molecule has 0 saturated heterocycles. The van der Waals surface area contributed by atoms with Gasteiger partial charge in [0.2, 0.25) is 0 Å². The van der Waals surface area contributed by atoms with E-state index in [2.05, 4.69) is 33.1 Å². The first-order chi connectivity index (χ1) is 10.6. The van der Waals surface area contributed by atoms with Gasteiger partial charge in [-0.1, -0.05) is 12.1 Å². The number of carbonyl (C=O) groups excluding carboxylic acids is 1. The molecule has 0 fully saturated rings. The molecule has 0 aliphatic heterocycles. The van der Waals surface area contributed by atoms with Crippen LogP contribution in [-0.4, -0.2) is 26.3 Å². The van der Waals surface area contributed by atoms with Crippen LogP contribution in [-0.2, 0) is 0 Å². The third-order valence-corrected chi connectivity index (χ3v) is 3.62. The molecule has 0 atom stereocenters. The van der Waals surface area contributed by atoms with E-state index in [4.69, 9.17) is 9.47 Å². The number of methoxy groups -OCH3 is 2. The summed E-state index contributed by atoms with van der Waals surface area (Å²) < 4.78 is 11.4. The predicted molar refractivity (Wildman–Crippen MR) is 93.8 cm³/mol. The van der Waals surface area contributed by atoms with Crippen LogP contribution in [0.4, 0.5) is 0 Å². The highest BCUT2D eigenvalue weighted by Crippen LogP contribution is 2.24. The minimum atomic E-state index is -0.346. The topological polar surface area (TPSA) is 59.9 Å². The Hall–Kier alpha value is -2.09. The Kier molecular flexibility index (Phi) is 5.76. The van der Waals surface area contributed by atoms with Gasteiger partial charge < -0.3 is 9.47 Å². The minimum absolute atomic E-state index is 0.346. The number of hydrazone groups is 1. The van der Waals surface area contributed by atoms with Gasteiger partial charge in [-0.2, -0.15) is 5.10 Å². The molecule has 0 aromatic heterocycles. The normalized spacial score (nSPS) is 10.5. The van der Waals surface area contributed by atoms with Crippen LogP contribution >= 0.6 is 22.6 Å². The number of benzene rings is 2. The van der Waals surface area contributed by atoms with Crippen molar-refractivity contribution in [2.75, 3.05) is 14.2 Å². The van der Waals surface area contributed by atoms with Crippen LogP contribution in [0.25, 0.3) is 0 Å². The first-order valence-electron chi connectivity index (χ1n) is 6.45.